The maximum absolute atomic E-state index is 12.7. The number of anilines is 1. The molecule has 0 radical (unpaired) electrons. The average Bonchev–Trinajstić information content (AvgIpc) is 3.29. The number of nitrogens with two attached hydrogens (primary N) is 1. The van der Waals surface area contributed by atoms with Crippen molar-refractivity contribution >= 4 is 17.6 Å². The lowest BCUT2D eigenvalue weighted by Gasteiger charge is -2.61. The first kappa shape index (κ1) is 19.9. The number of amides is 1. The lowest BCUT2D eigenvalue weighted by molar-refractivity contribution is -0.247. The number of carbonyl (C=O) groups is 1. The summed E-state index contributed by atoms with van der Waals surface area (Å²) in [4.78, 5) is 17.5. The number of aliphatic imine (C=N–C) groups is 1. The fourth-order valence-corrected chi connectivity index (χ4v) is 4.77. The summed E-state index contributed by atoms with van der Waals surface area (Å²) < 4.78 is 28.2. The average molecular weight is 427 g/mol. The van der Waals surface area contributed by atoms with Crippen molar-refractivity contribution < 1.29 is 28.2 Å². The molecule has 1 unspecified atom stereocenters. The van der Waals surface area contributed by atoms with E-state index in [9.17, 15) is 4.79 Å². The van der Waals surface area contributed by atoms with Crippen LogP contribution in [0.5, 0.6) is 5.75 Å². The first-order valence-corrected chi connectivity index (χ1v) is 10.1. The van der Waals surface area contributed by atoms with Crippen LogP contribution in [0.1, 0.15) is 35.7 Å². The highest BCUT2D eigenvalue weighted by atomic mass is 16.5. The Bertz CT molecular complexity index is 1070. The van der Waals surface area contributed by atoms with Gasteiger partial charge in [0.25, 0.3) is 11.9 Å². The van der Waals surface area contributed by atoms with Gasteiger partial charge < -0.3 is 34.4 Å². The van der Waals surface area contributed by atoms with Crippen molar-refractivity contribution in [3.63, 3.8) is 0 Å². The van der Waals surface area contributed by atoms with Gasteiger partial charge in [-0.05, 0) is 44.2 Å². The number of amidine groups is 1. The monoisotopic (exact) mass is 427 g/mol. The Hall–Kier alpha value is -3.04. The summed E-state index contributed by atoms with van der Waals surface area (Å²) in [5.41, 5.74) is 5.62. The molecule has 3 aliphatic rings. The van der Waals surface area contributed by atoms with E-state index in [2.05, 4.69) is 5.32 Å². The molecule has 2 spiro atoms. The third-order valence-electron chi connectivity index (χ3n) is 6.59. The predicted octanol–water partition coefficient (Wildman–Crippen LogP) is 2.41. The van der Waals surface area contributed by atoms with E-state index in [4.69, 9.17) is 34.1 Å². The molecule has 5 rings (SSSR count). The molecule has 9 heteroatoms. The fourth-order valence-electron chi connectivity index (χ4n) is 4.77. The van der Waals surface area contributed by atoms with Gasteiger partial charge in [-0.2, -0.15) is 0 Å². The van der Waals surface area contributed by atoms with Crippen LogP contribution in [0.4, 0.5) is 5.69 Å². The van der Waals surface area contributed by atoms with Crippen molar-refractivity contribution in [2.45, 2.75) is 31.6 Å². The van der Waals surface area contributed by atoms with Crippen LogP contribution in [0.2, 0.25) is 0 Å². The number of hydrogen-bond acceptors (Lipinski definition) is 8. The van der Waals surface area contributed by atoms with Crippen molar-refractivity contribution in [1.29, 1.82) is 0 Å². The standard InChI is InChI=1S/C22H25N3O6/c1-20(2)21(10-28-11-21)22(12-29-19(23)25-22)15-8-13(4-6-16(15)31-20)24-18(26)17-7-5-14(30-17)9-27-3/h4-8H,9-12H2,1-3H3,(H2,23,25)(H,24,26). The molecule has 3 N–H and O–H groups in total. The number of rotatable bonds is 4. The minimum atomic E-state index is -0.760. The zero-order chi connectivity index (χ0) is 21.9. The molecule has 0 aliphatic carbocycles. The van der Waals surface area contributed by atoms with Gasteiger partial charge in [-0.25, -0.2) is 4.99 Å². The van der Waals surface area contributed by atoms with Gasteiger partial charge in [-0.15, -0.1) is 0 Å². The van der Waals surface area contributed by atoms with Crippen LogP contribution in [0.15, 0.2) is 39.7 Å². The number of furan rings is 1. The minimum absolute atomic E-state index is 0.144. The van der Waals surface area contributed by atoms with E-state index in [1.54, 1.807) is 25.3 Å². The van der Waals surface area contributed by atoms with Crippen LogP contribution in [-0.4, -0.2) is 44.5 Å². The number of benzene rings is 1. The number of methoxy groups -OCH3 is 1. The van der Waals surface area contributed by atoms with Gasteiger partial charge in [-0.1, -0.05) is 0 Å². The Labute approximate surface area is 179 Å². The fraction of sp³-hybridized carbons (Fsp3) is 0.455. The smallest absolute Gasteiger partial charge is 0.291 e. The molecule has 31 heavy (non-hydrogen) atoms. The number of hydrogen-bond donors (Lipinski definition) is 2. The van der Waals surface area contributed by atoms with Gasteiger partial charge in [0.05, 0.1) is 18.6 Å². The summed E-state index contributed by atoms with van der Waals surface area (Å²) in [5.74, 6) is 1.10. The number of nitrogens with zero attached hydrogens (tertiary/aromatic N) is 1. The number of carbonyl (C=O) groups excluding carboxylic acids is 1. The Morgan fingerprint density at radius 2 is 2.03 bits per heavy atom. The first-order chi connectivity index (χ1) is 14.8. The van der Waals surface area contributed by atoms with E-state index in [1.165, 1.54) is 0 Å². The highest BCUT2D eigenvalue weighted by Crippen LogP contribution is 2.62. The zero-order valence-electron chi connectivity index (χ0n) is 17.7. The lowest BCUT2D eigenvalue weighted by atomic mass is 9.55. The Kier molecular flexibility index (Phi) is 4.32. The summed E-state index contributed by atoms with van der Waals surface area (Å²) in [7, 11) is 1.57. The van der Waals surface area contributed by atoms with E-state index < -0.39 is 16.6 Å². The van der Waals surface area contributed by atoms with E-state index in [-0.39, 0.29) is 24.3 Å². The minimum Gasteiger partial charge on any atom is -0.487 e. The molecule has 1 aromatic carbocycles. The van der Waals surface area contributed by atoms with Gasteiger partial charge in [0.2, 0.25) is 0 Å². The third-order valence-corrected chi connectivity index (χ3v) is 6.59. The molecule has 3 aliphatic heterocycles. The second kappa shape index (κ2) is 6.73. The van der Waals surface area contributed by atoms with Crippen LogP contribution >= 0.6 is 0 Å². The Morgan fingerprint density at radius 3 is 2.68 bits per heavy atom. The summed E-state index contributed by atoms with van der Waals surface area (Å²) >= 11 is 0. The Balaban J connectivity index is 1.52. The van der Waals surface area contributed by atoms with Crippen molar-refractivity contribution in [3.05, 3.63) is 47.4 Å². The molecular weight excluding hydrogens is 402 g/mol. The van der Waals surface area contributed by atoms with Crippen molar-refractivity contribution in [2.24, 2.45) is 16.1 Å². The molecule has 1 amide bonds. The third kappa shape index (κ3) is 2.76. The molecule has 4 heterocycles. The Morgan fingerprint density at radius 1 is 1.23 bits per heavy atom. The van der Waals surface area contributed by atoms with Crippen LogP contribution in [-0.2, 0) is 26.4 Å². The molecule has 1 atom stereocenters. The normalized spacial score (nSPS) is 24.7. The molecule has 164 valence electrons. The van der Waals surface area contributed by atoms with Gasteiger partial charge in [-0.3, -0.25) is 4.79 Å². The predicted molar refractivity (Wildman–Crippen MR) is 111 cm³/mol. The van der Waals surface area contributed by atoms with Gasteiger partial charge in [0, 0.05) is 18.4 Å². The van der Waals surface area contributed by atoms with E-state index in [1.807, 2.05) is 26.0 Å². The van der Waals surface area contributed by atoms with Crippen LogP contribution in [0.25, 0.3) is 0 Å². The molecule has 9 nitrogen and oxygen atoms in total. The number of nitrogens with one attached hydrogen (secondary N) is 1. The molecule has 0 saturated carbocycles. The molecular formula is C22H25N3O6. The first-order valence-electron chi connectivity index (χ1n) is 10.1. The summed E-state index contributed by atoms with van der Waals surface area (Å²) in [5, 5.41) is 2.88. The molecule has 1 fully saturated rings. The molecule has 1 saturated heterocycles. The van der Waals surface area contributed by atoms with Crippen LogP contribution in [0.3, 0.4) is 0 Å². The maximum atomic E-state index is 12.7. The lowest BCUT2D eigenvalue weighted by Crippen LogP contribution is -2.71. The molecule has 0 bridgehead atoms. The van der Waals surface area contributed by atoms with E-state index >= 15 is 0 Å². The van der Waals surface area contributed by atoms with Crippen LogP contribution < -0.4 is 15.8 Å². The van der Waals surface area contributed by atoms with Gasteiger partial charge in [0.1, 0.15) is 35.9 Å². The summed E-state index contributed by atoms with van der Waals surface area (Å²) in [6.45, 7) is 5.61. The summed E-state index contributed by atoms with van der Waals surface area (Å²) in [6, 6.07) is 8.97. The largest absolute Gasteiger partial charge is 0.487 e. The van der Waals surface area contributed by atoms with Gasteiger partial charge >= 0.3 is 0 Å². The molecule has 2 aromatic rings. The number of ether oxygens (including phenoxy) is 4. The maximum Gasteiger partial charge on any atom is 0.291 e. The van der Waals surface area contributed by atoms with E-state index in [0.29, 0.717) is 37.0 Å². The zero-order valence-corrected chi connectivity index (χ0v) is 17.7. The van der Waals surface area contributed by atoms with Crippen molar-refractivity contribution in [3.8, 4) is 5.75 Å². The topological polar surface area (TPSA) is 118 Å². The van der Waals surface area contributed by atoms with Crippen molar-refractivity contribution in [2.75, 3.05) is 32.2 Å². The highest BCUT2D eigenvalue weighted by molar-refractivity contribution is 6.02. The highest BCUT2D eigenvalue weighted by Gasteiger charge is 2.71. The second-order valence-corrected chi connectivity index (χ2v) is 8.65. The SMILES string of the molecule is COCc1ccc(C(=O)Nc2ccc3c(c2)C2(COC(N)=N2)C2(COC2)C(C)(C)O3)o1. The van der Waals surface area contributed by atoms with E-state index in [0.717, 1.165) is 5.56 Å². The van der Waals surface area contributed by atoms with Gasteiger partial charge in [0.15, 0.2) is 5.76 Å². The van der Waals surface area contributed by atoms with Crippen LogP contribution in [0, 0.1) is 5.41 Å². The van der Waals surface area contributed by atoms with Crippen molar-refractivity contribution in [1.82, 2.24) is 0 Å². The number of fused-ring (bicyclic) bond motifs is 3. The summed E-state index contributed by atoms with van der Waals surface area (Å²) in [6.07, 6.45) is 0. The quantitative estimate of drug-likeness (QED) is 0.769. The second-order valence-electron chi connectivity index (χ2n) is 8.65. The molecule has 1 aromatic heterocycles.